The summed E-state index contributed by atoms with van der Waals surface area (Å²) in [5.41, 5.74) is -0.552. The van der Waals surface area contributed by atoms with Crippen LogP contribution in [0.3, 0.4) is 0 Å². The van der Waals surface area contributed by atoms with Gasteiger partial charge in [0.25, 0.3) is 0 Å². The van der Waals surface area contributed by atoms with Crippen LogP contribution >= 0.6 is 0 Å². The van der Waals surface area contributed by atoms with E-state index in [1.165, 1.54) is 18.2 Å². The van der Waals surface area contributed by atoms with E-state index in [1.54, 1.807) is 6.07 Å². The molecule has 2 aromatic rings. The van der Waals surface area contributed by atoms with E-state index in [0.717, 1.165) is 0 Å². The molecule has 0 fully saturated rings. The lowest BCUT2D eigenvalue weighted by Crippen LogP contribution is -2.07. The SMILES string of the molecule is O=C(O)Cc1ccccc1Nc1c(F)cc(F)c(F)c1F. The molecule has 0 aliphatic rings. The molecule has 0 atom stereocenters. The Morgan fingerprint density at radius 3 is 2.38 bits per heavy atom. The summed E-state index contributed by atoms with van der Waals surface area (Å²) >= 11 is 0. The molecule has 0 saturated carbocycles. The molecule has 0 aliphatic carbocycles. The molecule has 0 saturated heterocycles. The molecule has 2 N–H and O–H groups in total. The Labute approximate surface area is 116 Å². The van der Waals surface area contributed by atoms with Gasteiger partial charge in [-0.25, -0.2) is 17.6 Å². The van der Waals surface area contributed by atoms with Crippen molar-refractivity contribution < 1.29 is 27.5 Å². The standard InChI is InChI=1S/C14H9F4NO2/c15-8-6-9(16)14(13(18)12(8)17)19-10-4-2-1-3-7(10)5-11(20)21/h1-4,6,19H,5H2,(H,20,21). The van der Waals surface area contributed by atoms with E-state index in [2.05, 4.69) is 5.32 Å². The maximum Gasteiger partial charge on any atom is 0.307 e. The van der Waals surface area contributed by atoms with Crippen LogP contribution in [0.2, 0.25) is 0 Å². The van der Waals surface area contributed by atoms with E-state index in [9.17, 15) is 22.4 Å². The summed E-state index contributed by atoms with van der Waals surface area (Å²) in [7, 11) is 0. The van der Waals surface area contributed by atoms with Gasteiger partial charge in [0.2, 0.25) is 0 Å². The molecule has 7 heteroatoms. The van der Waals surface area contributed by atoms with Crippen molar-refractivity contribution in [2.24, 2.45) is 0 Å². The molecule has 2 rings (SSSR count). The van der Waals surface area contributed by atoms with Crippen LogP contribution in [0.1, 0.15) is 5.56 Å². The predicted molar refractivity (Wildman–Crippen MR) is 67.3 cm³/mol. The second-order valence-electron chi connectivity index (χ2n) is 4.20. The fourth-order valence-electron chi connectivity index (χ4n) is 1.77. The smallest absolute Gasteiger partial charge is 0.307 e. The number of hydrogen-bond donors (Lipinski definition) is 2. The summed E-state index contributed by atoms with van der Waals surface area (Å²) in [6, 6.07) is 6.07. The summed E-state index contributed by atoms with van der Waals surface area (Å²) < 4.78 is 53.1. The third kappa shape index (κ3) is 3.13. The van der Waals surface area contributed by atoms with Crippen molar-refractivity contribution in [1.82, 2.24) is 0 Å². The van der Waals surface area contributed by atoms with Crippen molar-refractivity contribution in [3.63, 3.8) is 0 Å². The normalized spacial score (nSPS) is 10.5. The van der Waals surface area contributed by atoms with Gasteiger partial charge < -0.3 is 10.4 Å². The number of carbonyl (C=O) groups is 1. The largest absolute Gasteiger partial charge is 0.481 e. The maximum atomic E-state index is 13.6. The van der Waals surface area contributed by atoms with Gasteiger partial charge in [0.05, 0.1) is 6.42 Å². The molecule has 0 heterocycles. The van der Waals surface area contributed by atoms with Gasteiger partial charge in [-0.2, -0.15) is 0 Å². The molecular formula is C14H9F4NO2. The number of aliphatic carboxylic acids is 1. The predicted octanol–water partition coefficient (Wildman–Crippen LogP) is 3.61. The molecule has 0 radical (unpaired) electrons. The van der Waals surface area contributed by atoms with Crippen LogP contribution in [0.25, 0.3) is 0 Å². The van der Waals surface area contributed by atoms with Crippen LogP contribution in [0.5, 0.6) is 0 Å². The fourth-order valence-corrected chi connectivity index (χ4v) is 1.77. The number of carboxylic acid groups (broad SMARTS) is 1. The van der Waals surface area contributed by atoms with Crippen molar-refractivity contribution in [2.45, 2.75) is 6.42 Å². The molecule has 21 heavy (non-hydrogen) atoms. The van der Waals surface area contributed by atoms with Crippen molar-refractivity contribution in [3.8, 4) is 0 Å². The van der Waals surface area contributed by atoms with Gasteiger partial charge in [-0.05, 0) is 11.6 Å². The Balaban J connectivity index is 2.44. The van der Waals surface area contributed by atoms with Crippen LogP contribution in [-0.4, -0.2) is 11.1 Å². The van der Waals surface area contributed by atoms with Crippen LogP contribution in [0.15, 0.2) is 30.3 Å². The zero-order chi connectivity index (χ0) is 15.6. The number of benzene rings is 2. The first-order chi connectivity index (χ1) is 9.90. The summed E-state index contributed by atoms with van der Waals surface area (Å²) in [5.74, 6) is -7.63. The minimum absolute atomic E-state index is 0.0868. The number of anilines is 2. The van der Waals surface area contributed by atoms with Crippen LogP contribution < -0.4 is 5.32 Å². The van der Waals surface area contributed by atoms with Gasteiger partial charge in [-0.3, -0.25) is 4.79 Å². The highest BCUT2D eigenvalue weighted by molar-refractivity contribution is 5.75. The van der Waals surface area contributed by atoms with Gasteiger partial charge in [0.1, 0.15) is 5.69 Å². The second-order valence-corrected chi connectivity index (χ2v) is 4.20. The average molecular weight is 299 g/mol. The van der Waals surface area contributed by atoms with E-state index >= 15 is 0 Å². The van der Waals surface area contributed by atoms with Gasteiger partial charge in [-0.15, -0.1) is 0 Å². The molecule has 0 aromatic heterocycles. The highest BCUT2D eigenvalue weighted by atomic mass is 19.2. The Bertz CT molecular complexity index is 704. The summed E-state index contributed by atoms with van der Waals surface area (Å²) in [5, 5.41) is 11.0. The van der Waals surface area contributed by atoms with E-state index in [-0.39, 0.29) is 17.3 Å². The van der Waals surface area contributed by atoms with E-state index in [0.29, 0.717) is 0 Å². The van der Waals surface area contributed by atoms with E-state index < -0.39 is 41.3 Å². The molecule has 0 unspecified atom stereocenters. The summed E-state index contributed by atoms with van der Waals surface area (Å²) in [4.78, 5) is 10.7. The molecule has 2 aromatic carbocycles. The quantitative estimate of drug-likeness (QED) is 0.515. The zero-order valence-electron chi connectivity index (χ0n) is 10.5. The van der Waals surface area contributed by atoms with Crippen molar-refractivity contribution >= 4 is 17.3 Å². The Hall–Kier alpha value is -2.57. The fraction of sp³-hybridized carbons (Fsp3) is 0.0714. The third-order valence-corrected chi connectivity index (χ3v) is 2.73. The number of hydrogen-bond acceptors (Lipinski definition) is 2. The number of para-hydroxylation sites is 1. The lowest BCUT2D eigenvalue weighted by molar-refractivity contribution is -0.136. The highest BCUT2D eigenvalue weighted by Gasteiger charge is 2.20. The van der Waals surface area contributed by atoms with Gasteiger partial charge in [0, 0.05) is 11.8 Å². The lowest BCUT2D eigenvalue weighted by atomic mass is 10.1. The third-order valence-electron chi connectivity index (χ3n) is 2.73. The summed E-state index contributed by atoms with van der Waals surface area (Å²) in [6.07, 6.45) is -0.393. The lowest BCUT2D eigenvalue weighted by Gasteiger charge is -2.13. The van der Waals surface area contributed by atoms with Gasteiger partial charge in [0.15, 0.2) is 23.3 Å². The number of carboxylic acids is 1. The Morgan fingerprint density at radius 2 is 1.71 bits per heavy atom. The minimum Gasteiger partial charge on any atom is -0.481 e. The van der Waals surface area contributed by atoms with Gasteiger partial charge >= 0.3 is 5.97 Å². The van der Waals surface area contributed by atoms with Gasteiger partial charge in [-0.1, -0.05) is 18.2 Å². The maximum absolute atomic E-state index is 13.6. The van der Waals surface area contributed by atoms with Crippen LogP contribution in [0.4, 0.5) is 28.9 Å². The highest BCUT2D eigenvalue weighted by Crippen LogP contribution is 2.28. The van der Waals surface area contributed by atoms with Crippen molar-refractivity contribution in [2.75, 3.05) is 5.32 Å². The molecular weight excluding hydrogens is 290 g/mol. The minimum atomic E-state index is -1.81. The molecule has 0 amide bonds. The first kappa shape index (κ1) is 14.8. The first-order valence-electron chi connectivity index (χ1n) is 5.80. The second kappa shape index (κ2) is 5.82. The number of nitrogens with one attached hydrogen (secondary N) is 1. The van der Waals surface area contributed by atoms with Crippen LogP contribution in [0, 0.1) is 23.3 Å². The average Bonchev–Trinajstić information content (AvgIpc) is 2.42. The van der Waals surface area contributed by atoms with Crippen molar-refractivity contribution in [3.05, 3.63) is 59.2 Å². The van der Waals surface area contributed by atoms with Crippen molar-refractivity contribution in [1.29, 1.82) is 0 Å². The molecule has 0 bridgehead atoms. The first-order valence-corrected chi connectivity index (χ1v) is 5.80. The Kier molecular flexibility index (Phi) is 4.11. The molecule has 0 aliphatic heterocycles. The number of halogens is 4. The molecule has 110 valence electrons. The van der Waals surface area contributed by atoms with Crippen LogP contribution in [-0.2, 0) is 11.2 Å². The summed E-state index contributed by atoms with van der Waals surface area (Å²) in [6.45, 7) is 0. The molecule has 3 nitrogen and oxygen atoms in total. The monoisotopic (exact) mass is 299 g/mol. The van der Waals surface area contributed by atoms with E-state index in [1.807, 2.05) is 0 Å². The Morgan fingerprint density at radius 1 is 1.05 bits per heavy atom. The zero-order valence-corrected chi connectivity index (χ0v) is 10.5. The number of rotatable bonds is 4. The topological polar surface area (TPSA) is 49.3 Å². The van der Waals surface area contributed by atoms with E-state index in [4.69, 9.17) is 5.11 Å². The molecule has 0 spiro atoms.